The molecule has 0 aliphatic heterocycles. The van der Waals surface area contributed by atoms with E-state index in [0.717, 1.165) is 18.4 Å². The van der Waals surface area contributed by atoms with Crippen molar-refractivity contribution in [2.24, 2.45) is 0 Å². The Hall–Kier alpha value is -1.08. The number of rotatable bonds is 2. The predicted octanol–water partition coefficient (Wildman–Crippen LogP) is 3.35. The summed E-state index contributed by atoms with van der Waals surface area (Å²) >= 11 is 0. The third-order valence-electron chi connectivity index (χ3n) is 4.26. The van der Waals surface area contributed by atoms with E-state index in [0.29, 0.717) is 0 Å². The molecule has 1 aromatic carbocycles. The maximum Gasteiger partial charge on any atom is 0.0945 e. The van der Waals surface area contributed by atoms with Crippen molar-refractivity contribution < 1.29 is 5.11 Å². The molecule has 0 heterocycles. The molecule has 1 N–H and O–H groups in total. The summed E-state index contributed by atoms with van der Waals surface area (Å²) in [6.45, 7) is 10.1. The molecule has 1 aliphatic carbocycles. The Balaban J connectivity index is 2.44. The molecule has 0 saturated heterocycles. The first-order chi connectivity index (χ1) is 7.40. The second kappa shape index (κ2) is 3.46. The van der Waals surface area contributed by atoms with E-state index in [1.807, 2.05) is 6.92 Å². The molecule has 2 rings (SSSR count). The fraction of sp³-hybridized carbons (Fsp3) is 0.467. The molecule has 1 heteroatoms. The zero-order valence-electron chi connectivity index (χ0n) is 10.4. The van der Waals surface area contributed by atoms with Gasteiger partial charge in [-0.3, -0.25) is 0 Å². The average molecular weight is 216 g/mol. The third kappa shape index (κ3) is 1.35. The lowest BCUT2D eigenvalue weighted by Gasteiger charge is -2.55. The molecule has 2 atom stereocenters. The second-order valence-corrected chi connectivity index (χ2v) is 5.34. The zero-order chi connectivity index (χ0) is 12.0. The van der Waals surface area contributed by atoms with Crippen molar-refractivity contribution in [2.75, 3.05) is 0 Å². The Morgan fingerprint density at radius 1 is 1.38 bits per heavy atom. The summed E-state index contributed by atoms with van der Waals surface area (Å²) in [6, 6.07) is 8.44. The van der Waals surface area contributed by atoms with Gasteiger partial charge in [0.1, 0.15) is 0 Å². The van der Waals surface area contributed by atoms with Crippen molar-refractivity contribution in [1.82, 2.24) is 0 Å². The minimum Gasteiger partial charge on any atom is -0.385 e. The predicted molar refractivity (Wildman–Crippen MR) is 67.5 cm³/mol. The SMILES string of the molecule is C=C(C)C1(O)CCC1(C)c1cccc(C)c1. The van der Waals surface area contributed by atoms with E-state index >= 15 is 0 Å². The Morgan fingerprint density at radius 2 is 2.06 bits per heavy atom. The van der Waals surface area contributed by atoms with Crippen LogP contribution in [0.25, 0.3) is 0 Å². The van der Waals surface area contributed by atoms with Crippen molar-refractivity contribution >= 4 is 0 Å². The minimum atomic E-state index is -0.721. The quantitative estimate of drug-likeness (QED) is 0.752. The van der Waals surface area contributed by atoms with E-state index in [9.17, 15) is 5.11 Å². The second-order valence-electron chi connectivity index (χ2n) is 5.34. The van der Waals surface area contributed by atoms with Gasteiger partial charge in [0.05, 0.1) is 5.60 Å². The molecular formula is C15H20O. The third-order valence-corrected chi connectivity index (χ3v) is 4.26. The number of aryl methyl sites for hydroxylation is 1. The lowest BCUT2D eigenvalue weighted by atomic mass is 9.52. The van der Waals surface area contributed by atoms with Crippen LogP contribution in [0.1, 0.15) is 37.8 Å². The van der Waals surface area contributed by atoms with Gasteiger partial charge in [0, 0.05) is 5.41 Å². The van der Waals surface area contributed by atoms with Gasteiger partial charge < -0.3 is 5.11 Å². The summed E-state index contributed by atoms with van der Waals surface area (Å²) < 4.78 is 0. The summed E-state index contributed by atoms with van der Waals surface area (Å²) in [5, 5.41) is 10.7. The van der Waals surface area contributed by atoms with E-state index < -0.39 is 5.60 Å². The van der Waals surface area contributed by atoms with Crippen molar-refractivity contribution in [3.05, 3.63) is 47.5 Å². The van der Waals surface area contributed by atoms with E-state index in [-0.39, 0.29) is 5.41 Å². The van der Waals surface area contributed by atoms with E-state index in [1.54, 1.807) is 0 Å². The highest BCUT2D eigenvalue weighted by molar-refractivity contribution is 5.40. The fourth-order valence-electron chi connectivity index (χ4n) is 2.79. The topological polar surface area (TPSA) is 20.2 Å². The minimum absolute atomic E-state index is 0.162. The van der Waals surface area contributed by atoms with Crippen LogP contribution in [0.15, 0.2) is 36.4 Å². The molecule has 1 saturated carbocycles. The molecular weight excluding hydrogens is 196 g/mol. The molecule has 1 fully saturated rings. The van der Waals surface area contributed by atoms with Gasteiger partial charge in [0.15, 0.2) is 0 Å². The molecule has 0 aromatic heterocycles. The summed E-state index contributed by atoms with van der Waals surface area (Å²) in [4.78, 5) is 0. The van der Waals surface area contributed by atoms with Crippen molar-refractivity contribution in [3.63, 3.8) is 0 Å². The van der Waals surface area contributed by atoms with E-state index in [4.69, 9.17) is 0 Å². The lowest BCUT2D eigenvalue weighted by molar-refractivity contribution is -0.0789. The largest absolute Gasteiger partial charge is 0.385 e. The van der Waals surface area contributed by atoms with Gasteiger partial charge in [-0.1, -0.05) is 43.3 Å². The molecule has 86 valence electrons. The van der Waals surface area contributed by atoms with Crippen LogP contribution in [-0.2, 0) is 5.41 Å². The molecule has 0 amide bonds. The van der Waals surface area contributed by atoms with Crippen LogP contribution in [0, 0.1) is 6.92 Å². The normalized spacial score (nSPS) is 33.2. The summed E-state index contributed by atoms with van der Waals surface area (Å²) in [5.41, 5.74) is 2.47. The number of hydrogen-bond acceptors (Lipinski definition) is 1. The first kappa shape index (κ1) is 11.4. The smallest absolute Gasteiger partial charge is 0.0945 e. The molecule has 0 spiro atoms. The summed E-state index contributed by atoms with van der Waals surface area (Å²) in [6.07, 6.45) is 1.85. The van der Waals surface area contributed by atoms with Crippen LogP contribution in [-0.4, -0.2) is 10.7 Å². The van der Waals surface area contributed by atoms with Crippen LogP contribution in [0.5, 0.6) is 0 Å². The summed E-state index contributed by atoms with van der Waals surface area (Å²) in [5.74, 6) is 0. The Bertz CT molecular complexity index is 435. The zero-order valence-corrected chi connectivity index (χ0v) is 10.4. The molecule has 0 radical (unpaired) electrons. The number of hydrogen-bond donors (Lipinski definition) is 1. The Labute approximate surface area is 97.8 Å². The highest BCUT2D eigenvalue weighted by Crippen LogP contribution is 2.54. The van der Waals surface area contributed by atoms with Crippen LogP contribution >= 0.6 is 0 Å². The van der Waals surface area contributed by atoms with Crippen molar-refractivity contribution in [2.45, 2.75) is 44.6 Å². The van der Waals surface area contributed by atoms with Gasteiger partial charge in [-0.05, 0) is 37.8 Å². The highest BCUT2D eigenvalue weighted by atomic mass is 16.3. The molecule has 16 heavy (non-hydrogen) atoms. The lowest BCUT2D eigenvalue weighted by Crippen LogP contribution is -2.59. The van der Waals surface area contributed by atoms with Gasteiger partial charge >= 0.3 is 0 Å². The maximum absolute atomic E-state index is 10.7. The fourth-order valence-corrected chi connectivity index (χ4v) is 2.79. The van der Waals surface area contributed by atoms with Crippen LogP contribution in [0.2, 0.25) is 0 Å². The Kier molecular flexibility index (Phi) is 2.47. The molecule has 1 aromatic rings. The first-order valence-electron chi connectivity index (χ1n) is 5.86. The monoisotopic (exact) mass is 216 g/mol. The van der Waals surface area contributed by atoms with E-state index in [1.165, 1.54) is 11.1 Å². The number of benzene rings is 1. The van der Waals surface area contributed by atoms with Gasteiger partial charge in [-0.25, -0.2) is 0 Å². The van der Waals surface area contributed by atoms with Gasteiger partial charge in [0.25, 0.3) is 0 Å². The van der Waals surface area contributed by atoms with Crippen molar-refractivity contribution in [1.29, 1.82) is 0 Å². The highest BCUT2D eigenvalue weighted by Gasteiger charge is 2.56. The molecule has 0 bridgehead atoms. The molecule has 1 nitrogen and oxygen atoms in total. The van der Waals surface area contributed by atoms with Crippen molar-refractivity contribution in [3.8, 4) is 0 Å². The molecule has 2 unspecified atom stereocenters. The van der Waals surface area contributed by atoms with Gasteiger partial charge in [0.2, 0.25) is 0 Å². The van der Waals surface area contributed by atoms with E-state index in [2.05, 4.69) is 44.7 Å². The Morgan fingerprint density at radius 3 is 2.50 bits per heavy atom. The van der Waals surface area contributed by atoms with Crippen LogP contribution < -0.4 is 0 Å². The summed E-state index contributed by atoms with van der Waals surface area (Å²) in [7, 11) is 0. The van der Waals surface area contributed by atoms with Gasteiger partial charge in [-0.2, -0.15) is 0 Å². The van der Waals surface area contributed by atoms with Crippen LogP contribution in [0.4, 0.5) is 0 Å². The number of aliphatic hydroxyl groups is 1. The standard InChI is InChI=1S/C15H20O/c1-11(2)15(16)9-8-14(15,4)13-7-5-6-12(3)10-13/h5-7,10,16H,1,8-9H2,2-4H3. The maximum atomic E-state index is 10.7. The molecule has 1 aliphatic rings. The van der Waals surface area contributed by atoms with Gasteiger partial charge in [-0.15, -0.1) is 0 Å². The average Bonchev–Trinajstić information content (AvgIpc) is 2.25. The van der Waals surface area contributed by atoms with Crippen LogP contribution in [0.3, 0.4) is 0 Å². The first-order valence-corrected chi connectivity index (χ1v) is 5.86.